The molecule has 10 nitrogen and oxygen atoms in total. The Morgan fingerprint density at radius 1 is 0.973 bits per heavy atom. The molecule has 3 aromatic heterocycles. The number of aromatic nitrogens is 4. The SMILES string of the molecule is O=C(NCc1cc2nc(-c3cccc(N4CCC4)n3)ccc2nn1)c1ccc2c(c1)S(=O)(=O)CCOC2. The first kappa shape index (κ1) is 23.4. The third-order valence-corrected chi connectivity index (χ3v) is 8.27. The van der Waals surface area contributed by atoms with Gasteiger partial charge in [-0.25, -0.2) is 18.4 Å². The van der Waals surface area contributed by atoms with E-state index < -0.39 is 15.7 Å². The second-order valence-electron chi connectivity index (χ2n) is 9.03. The monoisotopic (exact) mass is 516 g/mol. The second-order valence-corrected chi connectivity index (χ2v) is 11.1. The van der Waals surface area contributed by atoms with Crippen molar-refractivity contribution in [1.82, 2.24) is 25.5 Å². The molecule has 0 spiro atoms. The molecule has 6 rings (SSSR count). The quantitative estimate of drug-likeness (QED) is 0.426. The van der Waals surface area contributed by atoms with Crippen LogP contribution < -0.4 is 10.2 Å². The summed E-state index contributed by atoms with van der Waals surface area (Å²) in [5, 5.41) is 11.2. The Hall–Kier alpha value is -3.96. The maximum absolute atomic E-state index is 12.8. The van der Waals surface area contributed by atoms with E-state index in [1.807, 2.05) is 30.3 Å². The fraction of sp³-hybridized carbons (Fsp3) is 0.269. The Bertz CT molecular complexity index is 1620. The highest BCUT2D eigenvalue weighted by atomic mass is 32.2. The fourth-order valence-electron chi connectivity index (χ4n) is 4.32. The van der Waals surface area contributed by atoms with Crippen LogP contribution in [0.25, 0.3) is 22.4 Å². The number of amides is 1. The molecular formula is C26H24N6O4S. The zero-order chi connectivity index (χ0) is 25.4. The molecule has 1 amide bonds. The zero-order valence-electron chi connectivity index (χ0n) is 19.9. The second kappa shape index (κ2) is 9.49. The number of sulfone groups is 1. The predicted octanol–water partition coefficient (Wildman–Crippen LogP) is 2.53. The summed E-state index contributed by atoms with van der Waals surface area (Å²) in [5.41, 5.74) is 4.13. The number of ether oxygens (including phenoxy) is 1. The summed E-state index contributed by atoms with van der Waals surface area (Å²) < 4.78 is 30.4. The fourth-order valence-corrected chi connectivity index (χ4v) is 5.71. The summed E-state index contributed by atoms with van der Waals surface area (Å²) in [5.74, 6) is 0.434. The molecule has 0 saturated carbocycles. The van der Waals surface area contributed by atoms with Crippen molar-refractivity contribution in [3.05, 3.63) is 71.4 Å². The number of fused-ring (bicyclic) bond motifs is 2. The van der Waals surface area contributed by atoms with Gasteiger partial charge in [-0.2, -0.15) is 5.10 Å². The first-order chi connectivity index (χ1) is 18.0. The molecule has 0 bridgehead atoms. The van der Waals surface area contributed by atoms with Crippen molar-refractivity contribution in [2.24, 2.45) is 0 Å². The van der Waals surface area contributed by atoms with E-state index in [1.165, 1.54) is 12.5 Å². The minimum absolute atomic E-state index is 0.106. The van der Waals surface area contributed by atoms with Gasteiger partial charge in [0.25, 0.3) is 5.91 Å². The van der Waals surface area contributed by atoms with Gasteiger partial charge in [-0.15, -0.1) is 5.10 Å². The molecule has 4 aromatic rings. The number of nitrogens with one attached hydrogen (secondary N) is 1. The summed E-state index contributed by atoms with van der Waals surface area (Å²) in [6.07, 6.45) is 1.18. The maximum Gasteiger partial charge on any atom is 0.251 e. The molecule has 0 unspecified atom stereocenters. The van der Waals surface area contributed by atoms with Crippen LogP contribution in [-0.4, -0.2) is 59.9 Å². The summed E-state index contributed by atoms with van der Waals surface area (Å²) >= 11 is 0. The largest absolute Gasteiger partial charge is 0.376 e. The summed E-state index contributed by atoms with van der Waals surface area (Å²) in [6.45, 7) is 2.48. The molecule has 1 N–H and O–H groups in total. The zero-order valence-corrected chi connectivity index (χ0v) is 20.7. The minimum Gasteiger partial charge on any atom is -0.376 e. The van der Waals surface area contributed by atoms with Crippen molar-refractivity contribution in [2.75, 3.05) is 30.3 Å². The van der Waals surface area contributed by atoms with Crippen molar-refractivity contribution < 1.29 is 17.9 Å². The number of benzene rings is 1. The van der Waals surface area contributed by atoms with Crippen molar-refractivity contribution in [3.8, 4) is 11.4 Å². The predicted molar refractivity (Wildman–Crippen MR) is 137 cm³/mol. The molecule has 1 fully saturated rings. The van der Waals surface area contributed by atoms with Gasteiger partial charge in [0, 0.05) is 18.7 Å². The van der Waals surface area contributed by atoms with E-state index in [4.69, 9.17) is 14.7 Å². The average Bonchev–Trinajstić information content (AvgIpc) is 3.03. The molecule has 0 aliphatic carbocycles. The Balaban J connectivity index is 1.20. The number of hydrogen-bond donors (Lipinski definition) is 1. The Morgan fingerprint density at radius 2 is 1.84 bits per heavy atom. The van der Waals surface area contributed by atoms with Crippen LogP contribution in [-0.2, 0) is 27.7 Å². The van der Waals surface area contributed by atoms with Gasteiger partial charge in [0.1, 0.15) is 11.3 Å². The lowest BCUT2D eigenvalue weighted by atomic mass is 10.1. The molecule has 0 atom stereocenters. The first-order valence-corrected chi connectivity index (χ1v) is 13.7. The van der Waals surface area contributed by atoms with Gasteiger partial charge < -0.3 is 15.0 Å². The summed E-state index contributed by atoms with van der Waals surface area (Å²) in [4.78, 5) is 24.7. The van der Waals surface area contributed by atoms with Crippen LogP contribution in [0.5, 0.6) is 0 Å². The van der Waals surface area contributed by atoms with Gasteiger partial charge in [0.2, 0.25) is 0 Å². The molecule has 188 valence electrons. The molecule has 5 heterocycles. The minimum atomic E-state index is -3.50. The van der Waals surface area contributed by atoms with Crippen LogP contribution in [0.3, 0.4) is 0 Å². The third kappa shape index (κ3) is 4.75. The lowest BCUT2D eigenvalue weighted by Gasteiger charge is -2.32. The third-order valence-electron chi connectivity index (χ3n) is 6.52. The van der Waals surface area contributed by atoms with E-state index in [2.05, 4.69) is 20.4 Å². The number of pyridine rings is 2. The molecule has 2 aliphatic heterocycles. The van der Waals surface area contributed by atoms with Gasteiger partial charge in [-0.05, 0) is 54.4 Å². The summed E-state index contributed by atoms with van der Waals surface area (Å²) in [6, 6.07) is 16.1. The number of carbonyl (C=O) groups excluding carboxylic acids is 1. The number of anilines is 1. The smallest absolute Gasteiger partial charge is 0.251 e. The van der Waals surface area contributed by atoms with E-state index in [0.717, 1.165) is 30.3 Å². The van der Waals surface area contributed by atoms with Gasteiger partial charge >= 0.3 is 0 Å². The number of rotatable bonds is 5. The van der Waals surface area contributed by atoms with Crippen LogP contribution in [0.4, 0.5) is 5.82 Å². The van der Waals surface area contributed by atoms with Crippen molar-refractivity contribution in [3.63, 3.8) is 0 Å². The Labute approximate surface area is 213 Å². The highest BCUT2D eigenvalue weighted by molar-refractivity contribution is 7.91. The number of hydrogen-bond acceptors (Lipinski definition) is 9. The average molecular weight is 517 g/mol. The molecular weight excluding hydrogens is 492 g/mol. The molecule has 2 aliphatic rings. The van der Waals surface area contributed by atoms with Crippen LogP contribution in [0.15, 0.2) is 59.5 Å². The lowest BCUT2D eigenvalue weighted by molar-refractivity contribution is 0.0950. The molecule has 11 heteroatoms. The topological polar surface area (TPSA) is 127 Å². The van der Waals surface area contributed by atoms with Crippen molar-refractivity contribution >= 4 is 32.6 Å². The van der Waals surface area contributed by atoms with E-state index in [1.54, 1.807) is 18.2 Å². The number of nitrogens with zero attached hydrogens (tertiary/aromatic N) is 5. The normalized spacial score (nSPS) is 16.5. The highest BCUT2D eigenvalue weighted by Crippen LogP contribution is 2.25. The molecule has 37 heavy (non-hydrogen) atoms. The standard InChI is InChI=1S/C26H24N6O4S/c33-26(17-5-6-18-16-36-11-12-37(34,35)24(18)13-17)27-15-19-14-23-22(31-30-19)8-7-21(28-23)20-3-1-4-25(29-20)32-9-2-10-32/h1,3-8,13-14H,2,9-12,15-16H2,(H,27,33). The van der Waals surface area contributed by atoms with Crippen molar-refractivity contribution in [1.29, 1.82) is 0 Å². The molecule has 0 radical (unpaired) electrons. The highest BCUT2D eigenvalue weighted by Gasteiger charge is 2.24. The van der Waals surface area contributed by atoms with E-state index in [9.17, 15) is 13.2 Å². The maximum atomic E-state index is 12.8. The van der Waals surface area contributed by atoms with Crippen LogP contribution >= 0.6 is 0 Å². The van der Waals surface area contributed by atoms with Gasteiger partial charge in [-0.3, -0.25) is 4.79 Å². The lowest BCUT2D eigenvalue weighted by Crippen LogP contribution is -2.37. The Morgan fingerprint density at radius 3 is 2.68 bits per heavy atom. The van der Waals surface area contributed by atoms with Crippen molar-refractivity contribution in [2.45, 2.75) is 24.5 Å². The van der Waals surface area contributed by atoms with Crippen LogP contribution in [0.2, 0.25) is 0 Å². The molecule has 1 saturated heterocycles. The van der Waals surface area contributed by atoms with Gasteiger partial charge in [-0.1, -0.05) is 12.1 Å². The Kier molecular flexibility index (Phi) is 6.01. The first-order valence-electron chi connectivity index (χ1n) is 12.0. The van der Waals surface area contributed by atoms with E-state index >= 15 is 0 Å². The van der Waals surface area contributed by atoms with E-state index in [-0.39, 0.29) is 36.0 Å². The summed E-state index contributed by atoms with van der Waals surface area (Å²) in [7, 11) is -3.50. The van der Waals surface area contributed by atoms with Crippen LogP contribution in [0, 0.1) is 0 Å². The van der Waals surface area contributed by atoms with Gasteiger partial charge in [0.15, 0.2) is 9.84 Å². The molecule has 1 aromatic carbocycles. The van der Waals surface area contributed by atoms with Gasteiger partial charge in [0.05, 0.1) is 53.0 Å². The van der Waals surface area contributed by atoms with E-state index in [0.29, 0.717) is 22.3 Å². The number of carbonyl (C=O) groups is 1. The van der Waals surface area contributed by atoms with Crippen LogP contribution in [0.1, 0.15) is 28.0 Å².